The fourth-order valence-corrected chi connectivity index (χ4v) is 1.90. The molecule has 18 heavy (non-hydrogen) atoms. The van der Waals surface area contributed by atoms with E-state index in [-0.39, 0.29) is 16.8 Å². The van der Waals surface area contributed by atoms with Gasteiger partial charge in [-0.25, -0.2) is 4.79 Å². The minimum absolute atomic E-state index is 0.0967. The van der Waals surface area contributed by atoms with E-state index in [9.17, 15) is 9.59 Å². The maximum Gasteiger partial charge on any atom is 0.329 e. The zero-order valence-corrected chi connectivity index (χ0v) is 12.0. The Morgan fingerprint density at radius 3 is 2.50 bits per heavy atom. The molecule has 0 aromatic carbocycles. The molecule has 0 saturated carbocycles. The van der Waals surface area contributed by atoms with Gasteiger partial charge < -0.3 is 4.90 Å². The molecule has 102 valence electrons. The van der Waals surface area contributed by atoms with Crippen molar-refractivity contribution >= 4 is 11.6 Å². The third-order valence-electron chi connectivity index (χ3n) is 3.06. The van der Waals surface area contributed by atoms with Crippen LogP contribution in [0.4, 0.5) is 0 Å². The topological polar surface area (TPSA) is 58.1 Å². The molecule has 1 unspecified atom stereocenters. The highest BCUT2D eigenvalue weighted by Crippen LogP contribution is 2.08. The highest BCUT2D eigenvalue weighted by molar-refractivity contribution is 6.30. The van der Waals surface area contributed by atoms with Crippen LogP contribution in [0, 0.1) is 0 Å². The maximum absolute atomic E-state index is 12.2. The first-order valence-electron chi connectivity index (χ1n) is 6.06. The van der Waals surface area contributed by atoms with Crippen LogP contribution in [-0.4, -0.2) is 34.6 Å². The molecule has 0 amide bonds. The van der Waals surface area contributed by atoms with Gasteiger partial charge in [0.2, 0.25) is 0 Å². The summed E-state index contributed by atoms with van der Waals surface area (Å²) in [5.74, 6) is 0. The van der Waals surface area contributed by atoms with E-state index >= 15 is 0 Å². The van der Waals surface area contributed by atoms with Crippen LogP contribution in [0.1, 0.15) is 25.8 Å². The van der Waals surface area contributed by atoms with Crippen molar-refractivity contribution in [1.29, 1.82) is 0 Å². The first-order chi connectivity index (χ1) is 8.38. The molecule has 5 nitrogen and oxygen atoms in total. The number of rotatable bonds is 5. The van der Waals surface area contributed by atoms with Crippen molar-refractivity contribution in [3.05, 3.63) is 31.6 Å². The standard InChI is InChI=1S/C12H20ClN3O2/c1-5-6-9-10(13)14-12(18)16(11(9)17)7-8(2)15(3)4/h8H,5-7H2,1-4H3,(H,14,18). The average Bonchev–Trinajstić information content (AvgIpc) is 2.29. The van der Waals surface area contributed by atoms with Crippen molar-refractivity contribution < 1.29 is 0 Å². The summed E-state index contributed by atoms with van der Waals surface area (Å²) in [4.78, 5) is 28.5. The molecule has 0 aliphatic rings. The van der Waals surface area contributed by atoms with E-state index in [1.807, 2.05) is 32.8 Å². The molecule has 1 atom stereocenters. The predicted molar refractivity (Wildman–Crippen MR) is 73.5 cm³/mol. The highest BCUT2D eigenvalue weighted by atomic mass is 35.5. The fraction of sp³-hybridized carbons (Fsp3) is 0.667. The predicted octanol–water partition coefficient (Wildman–Crippen LogP) is 1.09. The first kappa shape index (κ1) is 15.0. The molecule has 1 aromatic heterocycles. The van der Waals surface area contributed by atoms with E-state index in [0.29, 0.717) is 18.5 Å². The van der Waals surface area contributed by atoms with Crippen LogP contribution in [0.2, 0.25) is 5.15 Å². The number of nitrogens with one attached hydrogen (secondary N) is 1. The molecule has 0 radical (unpaired) electrons. The van der Waals surface area contributed by atoms with E-state index in [1.54, 1.807) is 0 Å². The van der Waals surface area contributed by atoms with Crippen LogP contribution in [0.5, 0.6) is 0 Å². The summed E-state index contributed by atoms with van der Waals surface area (Å²) in [7, 11) is 3.82. The smallest absolute Gasteiger partial charge is 0.305 e. The minimum atomic E-state index is -0.446. The Labute approximate surface area is 111 Å². The Morgan fingerprint density at radius 1 is 1.39 bits per heavy atom. The van der Waals surface area contributed by atoms with E-state index in [1.165, 1.54) is 4.57 Å². The first-order valence-corrected chi connectivity index (χ1v) is 6.44. The summed E-state index contributed by atoms with van der Waals surface area (Å²) >= 11 is 5.91. The zero-order valence-electron chi connectivity index (χ0n) is 11.3. The van der Waals surface area contributed by atoms with E-state index < -0.39 is 5.69 Å². The van der Waals surface area contributed by atoms with E-state index in [4.69, 9.17) is 11.6 Å². The molecule has 0 bridgehead atoms. The van der Waals surface area contributed by atoms with Gasteiger partial charge in [0.1, 0.15) is 5.15 Å². The largest absolute Gasteiger partial charge is 0.329 e. The lowest BCUT2D eigenvalue weighted by Gasteiger charge is -2.20. The molecule has 6 heteroatoms. The number of nitrogens with zero attached hydrogens (tertiary/aromatic N) is 2. The van der Waals surface area contributed by atoms with Gasteiger partial charge in [-0.2, -0.15) is 0 Å². The lowest BCUT2D eigenvalue weighted by molar-refractivity contribution is 0.278. The second kappa shape index (κ2) is 6.20. The molecular weight excluding hydrogens is 254 g/mol. The van der Waals surface area contributed by atoms with E-state index in [0.717, 1.165) is 6.42 Å². The van der Waals surface area contributed by atoms with Crippen LogP contribution in [0.3, 0.4) is 0 Å². The third-order valence-corrected chi connectivity index (χ3v) is 3.38. The van der Waals surface area contributed by atoms with Crippen LogP contribution in [0.15, 0.2) is 9.59 Å². The number of H-pyrrole nitrogens is 1. The number of likely N-dealkylation sites (N-methyl/N-ethyl adjacent to an activating group) is 1. The van der Waals surface area contributed by atoms with Gasteiger partial charge in [0.05, 0.1) is 5.56 Å². The van der Waals surface area contributed by atoms with Crippen LogP contribution < -0.4 is 11.2 Å². The Balaban J connectivity index is 3.24. The molecule has 0 aliphatic carbocycles. The average molecular weight is 274 g/mol. The third kappa shape index (κ3) is 3.23. The monoisotopic (exact) mass is 273 g/mol. The highest BCUT2D eigenvalue weighted by Gasteiger charge is 2.14. The van der Waals surface area contributed by atoms with Crippen molar-refractivity contribution in [2.24, 2.45) is 0 Å². The Hall–Kier alpha value is -1.07. The van der Waals surface area contributed by atoms with Crippen LogP contribution in [0.25, 0.3) is 0 Å². The lowest BCUT2D eigenvalue weighted by atomic mass is 10.2. The van der Waals surface area contributed by atoms with Gasteiger partial charge in [0, 0.05) is 12.6 Å². The molecule has 1 aromatic rings. The number of aromatic amines is 1. The quantitative estimate of drug-likeness (QED) is 0.817. The fourth-order valence-electron chi connectivity index (χ4n) is 1.65. The number of aromatic nitrogens is 2. The molecule has 0 spiro atoms. The van der Waals surface area contributed by atoms with Gasteiger partial charge in [-0.05, 0) is 27.4 Å². The van der Waals surface area contributed by atoms with Gasteiger partial charge >= 0.3 is 5.69 Å². The Kier molecular flexibility index (Phi) is 5.16. The Morgan fingerprint density at radius 2 is 2.00 bits per heavy atom. The molecule has 0 fully saturated rings. The van der Waals surface area contributed by atoms with Crippen molar-refractivity contribution in [3.8, 4) is 0 Å². The summed E-state index contributed by atoms with van der Waals surface area (Å²) in [6, 6.07) is 0.0967. The zero-order chi connectivity index (χ0) is 13.9. The lowest BCUT2D eigenvalue weighted by Crippen LogP contribution is -2.42. The van der Waals surface area contributed by atoms with Gasteiger partial charge in [-0.3, -0.25) is 14.3 Å². The van der Waals surface area contributed by atoms with Crippen molar-refractivity contribution in [3.63, 3.8) is 0 Å². The van der Waals surface area contributed by atoms with Gasteiger partial charge in [-0.15, -0.1) is 0 Å². The number of hydrogen-bond acceptors (Lipinski definition) is 3. The van der Waals surface area contributed by atoms with Crippen LogP contribution >= 0.6 is 11.6 Å². The van der Waals surface area contributed by atoms with Gasteiger partial charge in [0.15, 0.2) is 0 Å². The summed E-state index contributed by atoms with van der Waals surface area (Å²) in [6.07, 6.45) is 1.38. The minimum Gasteiger partial charge on any atom is -0.305 e. The SMILES string of the molecule is CCCc1c(Cl)[nH]c(=O)n(CC(C)N(C)C)c1=O. The van der Waals surface area contributed by atoms with Crippen molar-refractivity contribution in [2.75, 3.05) is 14.1 Å². The number of halogens is 1. The molecule has 0 aliphatic heterocycles. The summed E-state index contributed by atoms with van der Waals surface area (Å²) < 4.78 is 1.22. The van der Waals surface area contributed by atoms with Gasteiger partial charge in [-0.1, -0.05) is 24.9 Å². The normalized spacial score (nSPS) is 13.0. The Bertz CT molecular complexity index is 519. The second-order valence-corrected chi connectivity index (χ2v) is 5.08. The maximum atomic E-state index is 12.2. The summed E-state index contributed by atoms with van der Waals surface area (Å²) in [6.45, 7) is 4.28. The number of hydrogen-bond donors (Lipinski definition) is 1. The van der Waals surface area contributed by atoms with Crippen molar-refractivity contribution in [2.45, 2.75) is 39.3 Å². The molecular formula is C12H20ClN3O2. The van der Waals surface area contributed by atoms with E-state index in [2.05, 4.69) is 4.98 Å². The summed E-state index contributed by atoms with van der Waals surface area (Å²) in [5.41, 5.74) is -0.234. The molecule has 0 saturated heterocycles. The van der Waals surface area contributed by atoms with Crippen LogP contribution in [-0.2, 0) is 13.0 Å². The molecule has 1 rings (SSSR count). The molecule has 1 N–H and O–H groups in total. The molecule has 1 heterocycles. The second-order valence-electron chi connectivity index (χ2n) is 4.70. The summed E-state index contributed by atoms with van der Waals surface area (Å²) in [5, 5.41) is 0.167. The van der Waals surface area contributed by atoms with Gasteiger partial charge in [0.25, 0.3) is 5.56 Å². The van der Waals surface area contributed by atoms with Crippen molar-refractivity contribution in [1.82, 2.24) is 14.5 Å².